The number of nitro benzene ring substituents is 1. The molecule has 29 heavy (non-hydrogen) atoms. The molecule has 10 heteroatoms. The van der Waals surface area contributed by atoms with Crippen molar-refractivity contribution in [3.05, 3.63) is 50.4 Å². The average molecular weight is 417 g/mol. The van der Waals surface area contributed by atoms with Crippen LogP contribution in [0.2, 0.25) is 0 Å². The number of aryl methyl sites for hydroxylation is 1. The van der Waals surface area contributed by atoms with E-state index in [1.165, 1.54) is 35.6 Å². The molecule has 2 amide bonds. The molecule has 1 aromatic heterocycles. The van der Waals surface area contributed by atoms with Gasteiger partial charge in [0.05, 0.1) is 10.5 Å². The first-order valence-electron chi connectivity index (χ1n) is 8.88. The number of non-ortho nitro benzene ring substituents is 1. The first-order chi connectivity index (χ1) is 13.8. The lowest BCUT2D eigenvalue weighted by molar-refractivity contribution is -0.384. The number of nitrogens with zero attached hydrogens (tertiary/aromatic N) is 1. The quantitative estimate of drug-likeness (QED) is 0.404. The lowest BCUT2D eigenvalue weighted by Gasteiger charge is -2.09. The van der Waals surface area contributed by atoms with Crippen LogP contribution in [0.3, 0.4) is 0 Å². The molecule has 1 aliphatic carbocycles. The van der Waals surface area contributed by atoms with Crippen LogP contribution < -0.4 is 10.6 Å². The molecule has 1 saturated carbocycles. The SMILES string of the molecule is Cc1sc(NC(=O)C2CC2)c(C(=O)OCC(=O)Nc2cccc([N+](=O)[O-])c2)c1C. The Morgan fingerprint density at radius 2 is 1.97 bits per heavy atom. The van der Waals surface area contributed by atoms with E-state index in [1.807, 2.05) is 6.92 Å². The van der Waals surface area contributed by atoms with Crippen LogP contribution in [-0.2, 0) is 14.3 Å². The number of thiophene rings is 1. The predicted octanol–water partition coefficient (Wildman–Crippen LogP) is 3.42. The number of ether oxygens (including phenoxy) is 1. The van der Waals surface area contributed by atoms with Crippen LogP contribution in [0.5, 0.6) is 0 Å². The molecule has 1 heterocycles. The highest BCUT2D eigenvalue weighted by Crippen LogP contribution is 2.36. The number of anilines is 2. The van der Waals surface area contributed by atoms with Crippen molar-refractivity contribution in [2.45, 2.75) is 26.7 Å². The number of esters is 1. The van der Waals surface area contributed by atoms with E-state index < -0.39 is 23.4 Å². The molecule has 1 fully saturated rings. The smallest absolute Gasteiger partial charge is 0.341 e. The van der Waals surface area contributed by atoms with E-state index in [9.17, 15) is 24.5 Å². The van der Waals surface area contributed by atoms with Gasteiger partial charge >= 0.3 is 5.97 Å². The van der Waals surface area contributed by atoms with Crippen molar-refractivity contribution in [2.75, 3.05) is 17.2 Å². The molecule has 2 aromatic rings. The van der Waals surface area contributed by atoms with E-state index in [2.05, 4.69) is 10.6 Å². The molecule has 0 bridgehead atoms. The maximum absolute atomic E-state index is 12.5. The van der Waals surface area contributed by atoms with Gasteiger partial charge in [-0.15, -0.1) is 11.3 Å². The molecular formula is C19H19N3O6S. The first-order valence-corrected chi connectivity index (χ1v) is 9.70. The number of nitro groups is 1. The average Bonchev–Trinajstić information content (AvgIpc) is 3.48. The number of hydrogen-bond donors (Lipinski definition) is 2. The minimum absolute atomic E-state index is 0.0118. The number of carbonyl (C=O) groups excluding carboxylic acids is 3. The zero-order valence-electron chi connectivity index (χ0n) is 15.8. The van der Waals surface area contributed by atoms with Gasteiger partial charge in [-0.2, -0.15) is 0 Å². The highest BCUT2D eigenvalue weighted by atomic mass is 32.1. The van der Waals surface area contributed by atoms with Gasteiger partial charge in [0.2, 0.25) is 5.91 Å². The summed E-state index contributed by atoms with van der Waals surface area (Å²) in [4.78, 5) is 47.7. The largest absolute Gasteiger partial charge is 0.452 e. The summed E-state index contributed by atoms with van der Waals surface area (Å²) in [7, 11) is 0. The van der Waals surface area contributed by atoms with E-state index in [4.69, 9.17) is 4.74 Å². The van der Waals surface area contributed by atoms with Gasteiger partial charge in [-0.1, -0.05) is 6.07 Å². The van der Waals surface area contributed by atoms with Crippen molar-refractivity contribution >= 4 is 45.5 Å². The minimum Gasteiger partial charge on any atom is -0.452 e. The second-order valence-electron chi connectivity index (χ2n) is 6.68. The fourth-order valence-corrected chi connectivity index (χ4v) is 3.67. The van der Waals surface area contributed by atoms with Gasteiger partial charge in [-0.25, -0.2) is 4.79 Å². The van der Waals surface area contributed by atoms with Crippen molar-refractivity contribution in [2.24, 2.45) is 5.92 Å². The second kappa shape index (κ2) is 8.39. The van der Waals surface area contributed by atoms with E-state index in [-0.39, 0.29) is 28.8 Å². The molecule has 0 aliphatic heterocycles. The predicted molar refractivity (Wildman–Crippen MR) is 107 cm³/mol. The van der Waals surface area contributed by atoms with Gasteiger partial charge in [-0.3, -0.25) is 19.7 Å². The Bertz CT molecular complexity index is 996. The van der Waals surface area contributed by atoms with Crippen LogP contribution in [0, 0.1) is 29.9 Å². The van der Waals surface area contributed by atoms with E-state index in [0.717, 1.165) is 17.7 Å². The summed E-state index contributed by atoms with van der Waals surface area (Å²) in [6.45, 7) is 3.02. The van der Waals surface area contributed by atoms with Crippen LogP contribution in [-0.4, -0.2) is 29.3 Å². The number of carbonyl (C=O) groups is 3. The van der Waals surface area contributed by atoms with Crippen LogP contribution in [0.25, 0.3) is 0 Å². The highest BCUT2D eigenvalue weighted by Gasteiger charge is 2.31. The van der Waals surface area contributed by atoms with E-state index in [1.54, 1.807) is 6.92 Å². The lowest BCUT2D eigenvalue weighted by atomic mass is 10.1. The Morgan fingerprint density at radius 3 is 2.62 bits per heavy atom. The number of rotatable bonds is 7. The summed E-state index contributed by atoms with van der Waals surface area (Å²) in [5, 5.41) is 16.4. The molecule has 0 saturated heterocycles. The van der Waals surface area contributed by atoms with E-state index in [0.29, 0.717) is 10.6 Å². The first kappa shape index (κ1) is 20.5. The standard InChI is InChI=1S/C19H19N3O6S/c1-10-11(2)29-18(21-17(24)12-6-7-12)16(10)19(25)28-9-15(23)20-13-4-3-5-14(8-13)22(26)27/h3-5,8,12H,6-7,9H2,1-2H3,(H,20,23)(H,21,24). The van der Waals surface area contributed by atoms with Gasteiger partial charge in [0.25, 0.3) is 11.6 Å². The van der Waals surface area contributed by atoms with Crippen molar-refractivity contribution in [1.29, 1.82) is 0 Å². The third-order valence-electron chi connectivity index (χ3n) is 4.45. The van der Waals surface area contributed by atoms with Gasteiger partial charge in [0.1, 0.15) is 5.00 Å². The van der Waals surface area contributed by atoms with Crippen molar-refractivity contribution in [3.63, 3.8) is 0 Å². The molecule has 1 aromatic carbocycles. The molecule has 1 aliphatic rings. The molecule has 3 rings (SSSR count). The Morgan fingerprint density at radius 1 is 1.24 bits per heavy atom. The second-order valence-corrected chi connectivity index (χ2v) is 7.91. The van der Waals surface area contributed by atoms with Crippen molar-refractivity contribution < 1.29 is 24.0 Å². The Balaban J connectivity index is 1.63. The number of nitrogens with one attached hydrogen (secondary N) is 2. The zero-order valence-corrected chi connectivity index (χ0v) is 16.6. The topological polar surface area (TPSA) is 128 Å². The van der Waals surface area contributed by atoms with Crippen molar-refractivity contribution in [3.8, 4) is 0 Å². The zero-order chi connectivity index (χ0) is 21.1. The summed E-state index contributed by atoms with van der Waals surface area (Å²) in [6.07, 6.45) is 1.68. The Labute approximate surface area is 170 Å². The van der Waals surface area contributed by atoms with E-state index >= 15 is 0 Å². The summed E-state index contributed by atoms with van der Waals surface area (Å²) in [5.41, 5.74) is 0.982. The fraction of sp³-hybridized carbons (Fsp3) is 0.316. The monoisotopic (exact) mass is 417 g/mol. The maximum atomic E-state index is 12.5. The molecular weight excluding hydrogens is 398 g/mol. The van der Waals surface area contributed by atoms with Crippen LogP contribution >= 0.6 is 11.3 Å². The summed E-state index contributed by atoms with van der Waals surface area (Å²) < 4.78 is 5.10. The van der Waals surface area contributed by atoms with Crippen LogP contribution in [0.1, 0.15) is 33.6 Å². The fourth-order valence-electron chi connectivity index (χ4n) is 2.62. The number of benzene rings is 1. The van der Waals surface area contributed by atoms with Gasteiger partial charge < -0.3 is 15.4 Å². The Hall–Kier alpha value is -3.27. The normalized spacial score (nSPS) is 12.9. The lowest BCUT2D eigenvalue weighted by Crippen LogP contribution is -2.22. The highest BCUT2D eigenvalue weighted by molar-refractivity contribution is 7.16. The molecule has 0 radical (unpaired) electrons. The molecule has 0 spiro atoms. The maximum Gasteiger partial charge on any atom is 0.341 e. The summed E-state index contributed by atoms with van der Waals surface area (Å²) in [6, 6.07) is 5.43. The molecule has 152 valence electrons. The number of amides is 2. The third-order valence-corrected chi connectivity index (χ3v) is 5.57. The molecule has 0 unspecified atom stereocenters. The molecule has 0 atom stereocenters. The van der Waals surface area contributed by atoms with Gasteiger partial charge in [0, 0.05) is 28.6 Å². The minimum atomic E-state index is -0.716. The van der Waals surface area contributed by atoms with Gasteiger partial charge in [0.15, 0.2) is 6.61 Å². The summed E-state index contributed by atoms with van der Waals surface area (Å²) >= 11 is 1.29. The van der Waals surface area contributed by atoms with Crippen molar-refractivity contribution in [1.82, 2.24) is 0 Å². The number of hydrogen-bond acceptors (Lipinski definition) is 7. The molecule has 9 nitrogen and oxygen atoms in total. The molecule has 2 N–H and O–H groups in total. The third kappa shape index (κ3) is 4.96. The van der Waals surface area contributed by atoms with Crippen LogP contribution in [0.4, 0.5) is 16.4 Å². The van der Waals surface area contributed by atoms with Gasteiger partial charge in [-0.05, 0) is 38.3 Å². The Kier molecular flexibility index (Phi) is 5.92. The summed E-state index contributed by atoms with van der Waals surface area (Å²) in [5.74, 6) is -1.48. The van der Waals surface area contributed by atoms with Crippen LogP contribution in [0.15, 0.2) is 24.3 Å².